The van der Waals surface area contributed by atoms with E-state index in [0.717, 1.165) is 21.9 Å². The molecule has 0 fully saturated rings. The summed E-state index contributed by atoms with van der Waals surface area (Å²) in [6, 6.07) is 33.2. The second kappa shape index (κ2) is 17.4. The molecule has 0 unspecified atom stereocenters. The largest absolute Gasteiger partial charge is 0.524 e. The van der Waals surface area contributed by atoms with Crippen LogP contribution in [0.5, 0.6) is 5.75 Å². The third-order valence-corrected chi connectivity index (χ3v) is 8.68. The number of nitrogens with one attached hydrogen (secondary N) is 3. The highest BCUT2D eigenvalue weighted by Crippen LogP contribution is 2.37. The molecule has 0 bridgehead atoms. The standard InChI is InChI=1S/C39H38N3O9P/c43-36(25-29-15-18-30-13-7-8-14-31(30)21-29)40-33(22-26-9-3-1-4-10-26)37(44)41-34(23-27-11-5-2-6-12-27)38(45)42-35(39(46)47)24-28-16-19-32(20-17-28)51-52(48,49)50/h1-21,33-35H,22-25H2,(H,40,43)(H,41,44)(H,42,45)(H,46,47)(H2,48,49,50)/t33-,34-,35-/m1/s1. The van der Waals surface area contributed by atoms with Crippen molar-refractivity contribution in [1.29, 1.82) is 0 Å². The molecule has 0 radical (unpaired) electrons. The average Bonchev–Trinajstić information content (AvgIpc) is 3.11. The van der Waals surface area contributed by atoms with Gasteiger partial charge in [0, 0.05) is 19.3 Å². The van der Waals surface area contributed by atoms with Gasteiger partial charge in [0.05, 0.1) is 6.42 Å². The highest BCUT2D eigenvalue weighted by atomic mass is 31.2. The predicted molar refractivity (Wildman–Crippen MR) is 194 cm³/mol. The van der Waals surface area contributed by atoms with Crippen molar-refractivity contribution in [3.8, 4) is 5.75 Å². The second-order valence-corrected chi connectivity index (χ2v) is 13.4. The number of carboxylic acids is 1. The van der Waals surface area contributed by atoms with E-state index in [1.807, 2.05) is 72.8 Å². The molecule has 5 aromatic carbocycles. The fourth-order valence-electron chi connectivity index (χ4n) is 5.70. The highest BCUT2D eigenvalue weighted by Gasteiger charge is 2.30. The molecule has 0 aliphatic carbocycles. The normalized spacial score (nSPS) is 13.0. The molecular formula is C39H38N3O9P. The maximum atomic E-state index is 14.0. The van der Waals surface area contributed by atoms with Gasteiger partial charge in [-0.05, 0) is 45.2 Å². The molecule has 0 spiro atoms. The summed E-state index contributed by atoms with van der Waals surface area (Å²) in [5.74, 6) is -3.23. The molecule has 5 aromatic rings. The van der Waals surface area contributed by atoms with E-state index in [1.54, 1.807) is 30.3 Å². The van der Waals surface area contributed by atoms with Crippen LogP contribution in [0.1, 0.15) is 22.3 Å². The first kappa shape index (κ1) is 37.4. The molecule has 12 nitrogen and oxygen atoms in total. The summed E-state index contributed by atoms with van der Waals surface area (Å²) in [5, 5.41) is 20.1. The van der Waals surface area contributed by atoms with E-state index < -0.39 is 49.6 Å². The molecule has 0 aliphatic heterocycles. The Hall–Kier alpha value is -5.81. The minimum atomic E-state index is -4.79. The lowest BCUT2D eigenvalue weighted by molar-refractivity contribution is -0.142. The number of aliphatic carboxylic acids is 1. The number of fused-ring (bicyclic) bond motifs is 1. The summed E-state index contributed by atoms with van der Waals surface area (Å²) in [6.07, 6.45) is 0.00626. The Kier molecular flexibility index (Phi) is 12.5. The van der Waals surface area contributed by atoms with Crippen LogP contribution in [0.3, 0.4) is 0 Å². The van der Waals surface area contributed by atoms with Gasteiger partial charge in [-0.3, -0.25) is 24.2 Å². The Bertz CT molecular complexity index is 2050. The van der Waals surface area contributed by atoms with E-state index in [0.29, 0.717) is 11.1 Å². The molecule has 268 valence electrons. The van der Waals surface area contributed by atoms with E-state index >= 15 is 0 Å². The van der Waals surface area contributed by atoms with Crippen LogP contribution < -0.4 is 20.5 Å². The first-order valence-corrected chi connectivity index (χ1v) is 18.0. The van der Waals surface area contributed by atoms with Crippen molar-refractivity contribution in [2.45, 2.75) is 43.8 Å². The molecule has 0 saturated carbocycles. The maximum absolute atomic E-state index is 14.0. The number of phosphoric ester groups is 1. The SMILES string of the molecule is O=C(Cc1ccc2ccccc2c1)N[C@H](Cc1ccccc1)C(=O)N[C@H](Cc1ccccc1)C(=O)N[C@H](Cc1ccc(OP(=O)(O)O)cc1)C(=O)O. The molecule has 3 amide bonds. The molecule has 5 rings (SSSR count). The fourth-order valence-corrected chi connectivity index (χ4v) is 6.10. The van der Waals surface area contributed by atoms with Gasteiger partial charge in [-0.15, -0.1) is 0 Å². The summed E-state index contributed by atoms with van der Waals surface area (Å²) >= 11 is 0. The van der Waals surface area contributed by atoms with Gasteiger partial charge in [-0.25, -0.2) is 9.36 Å². The number of carbonyl (C=O) groups excluding carboxylic acids is 3. The van der Waals surface area contributed by atoms with Gasteiger partial charge < -0.3 is 25.6 Å². The Labute approximate surface area is 300 Å². The summed E-state index contributed by atoms with van der Waals surface area (Å²) in [5.41, 5.74) is 2.68. The Morgan fingerprint density at radius 2 is 1.02 bits per heavy atom. The third kappa shape index (κ3) is 11.4. The minimum Gasteiger partial charge on any atom is -0.480 e. The first-order valence-electron chi connectivity index (χ1n) is 16.4. The first-order chi connectivity index (χ1) is 24.9. The topological polar surface area (TPSA) is 191 Å². The molecule has 0 saturated heterocycles. The average molecular weight is 724 g/mol. The van der Waals surface area contributed by atoms with Crippen LogP contribution in [0.2, 0.25) is 0 Å². The van der Waals surface area contributed by atoms with Crippen molar-refractivity contribution in [3.05, 3.63) is 150 Å². The summed E-state index contributed by atoms with van der Waals surface area (Å²) in [4.78, 5) is 71.4. The van der Waals surface area contributed by atoms with Gasteiger partial charge in [0.25, 0.3) is 0 Å². The maximum Gasteiger partial charge on any atom is 0.524 e. The number of hydrogen-bond donors (Lipinski definition) is 6. The lowest BCUT2D eigenvalue weighted by atomic mass is 10.0. The highest BCUT2D eigenvalue weighted by molar-refractivity contribution is 7.46. The Balaban J connectivity index is 1.33. The van der Waals surface area contributed by atoms with E-state index in [4.69, 9.17) is 9.79 Å². The van der Waals surface area contributed by atoms with Crippen LogP contribution in [0.25, 0.3) is 10.8 Å². The Morgan fingerprint density at radius 1 is 0.558 bits per heavy atom. The number of phosphoric acid groups is 1. The van der Waals surface area contributed by atoms with E-state index in [9.17, 15) is 28.8 Å². The molecule has 6 N–H and O–H groups in total. The molecule has 52 heavy (non-hydrogen) atoms. The quantitative estimate of drug-likeness (QED) is 0.0814. The summed E-state index contributed by atoms with van der Waals surface area (Å²) in [7, 11) is -4.79. The van der Waals surface area contributed by atoms with E-state index in [2.05, 4.69) is 20.5 Å². The number of rotatable bonds is 16. The van der Waals surface area contributed by atoms with Gasteiger partial charge in [-0.1, -0.05) is 115 Å². The number of amides is 3. The smallest absolute Gasteiger partial charge is 0.480 e. The van der Waals surface area contributed by atoms with E-state index in [1.165, 1.54) is 24.3 Å². The lowest BCUT2D eigenvalue weighted by Gasteiger charge is -2.25. The van der Waals surface area contributed by atoms with Gasteiger partial charge >= 0.3 is 13.8 Å². The fraction of sp³-hybridized carbons (Fsp3) is 0.179. The number of carboxylic acid groups (broad SMARTS) is 1. The molecule has 3 atom stereocenters. The van der Waals surface area contributed by atoms with Crippen LogP contribution in [-0.2, 0) is 49.4 Å². The van der Waals surface area contributed by atoms with Gasteiger partial charge in [0.15, 0.2) is 0 Å². The van der Waals surface area contributed by atoms with Crippen molar-refractivity contribution in [2.24, 2.45) is 0 Å². The molecular weight excluding hydrogens is 685 g/mol. The molecule has 13 heteroatoms. The zero-order chi connectivity index (χ0) is 37.1. The van der Waals surface area contributed by atoms with Crippen LogP contribution in [0.4, 0.5) is 0 Å². The molecule has 0 aliphatic rings. The zero-order valence-electron chi connectivity index (χ0n) is 27.9. The van der Waals surface area contributed by atoms with Crippen molar-refractivity contribution in [1.82, 2.24) is 16.0 Å². The number of benzene rings is 5. The van der Waals surface area contributed by atoms with Crippen molar-refractivity contribution < 1.29 is 43.2 Å². The lowest BCUT2D eigenvalue weighted by Crippen LogP contribution is -2.57. The van der Waals surface area contributed by atoms with Gasteiger partial charge in [0.1, 0.15) is 23.9 Å². The monoisotopic (exact) mass is 723 g/mol. The summed E-state index contributed by atoms with van der Waals surface area (Å²) in [6.45, 7) is 0. The molecule has 0 heterocycles. The van der Waals surface area contributed by atoms with E-state index in [-0.39, 0.29) is 31.4 Å². The van der Waals surface area contributed by atoms with Crippen molar-refractivity contribution in [2.75, 3.05) is 0 Å². The Morgan fingerprint density at radius 3 is 1.58 bits per heavy atom. The van der Waals surface area contributed by atoms with Crippen LogP contribution in [-0.4, -0.2) is 56.7 Å². The predicted octanol–water partition coefficient (Wildman–Crippen LogP) is 4.12. The second-order valence-electron chi connectivity index (χ2n) is 12.2. The van der Waals surface area contributed by atoms with Gasteiger partial charge in [0.2, 0.25) is 17.7 Å². The zero-order valence-corrected chi connectivity index (χ0v) is 28.8. The molecule has 0 aromatic heterocycles. The third-order valence-electron chi connectivity index (χ3n) is 8.23. The summed E-state index contributed by atoms with van der Waals surface area (Å²) < 4.78 is 15.7. The number of carbonyl (C=O) groups is 4. The van der Waals surface area contributed by atoms with Gasteiger partial charge in [-0.2, -0.15) is 0 Å². The van der Waals surface area contributed by atoms with Crippen LogP contribution >= 0.6 is 7.82 Å². The van der Waals surface area contributed by atoms with Crippen LogP contribution in [0.15, 0.2) is 127 Å². The van der Waals surface area contributed by atoms with Crippen molar-refractivity contribution in [3.63, 3.8) is 0 Å². The minimum absolute atomic E-state index is 0.0179. The van der Waals surface area contributed by atoms with Crippen LogP contribution in [0, 0.1) is 0 Å². The number of hydrogen-bond acceptors (Lipinski definition) is 6. The van der Waals surface area contributed by atoms with Crippen molar-refractivity contribution >= 4 is 42.3 Å².